The molecule has 1 heterocycles. The first-order chi connectivity index (χ1) is 8.61. The molecular weight excluding hydrogens is 363 g/mol. The lowest BCUT2D eigenvalue weighted by Crippen LogP contribution is -2.02. The summed E-state index contributed by atoms with van der Waals surface area (Å²) in [5.41, 5.74) is 7.43. The molecule has 18 heavy (non-hydrogen) atoms. The van der Waals surface area contributed by atoms with Gasteiger partial charge in [-0.15, -0.1) is 0 Å². The van der Waals surface area contributed by atoms with Crippen molar-refractivity contribution in [2.75, 3.05) is 11.1 Å². The number of nitrogens with zero attached hydrogens (tertiary/aromatic N) is 2. The average Bonchev–Trinajstić information content (AvgIpc) is 2.35. The molecule has 0 aliphatic rings. The number of aromatic nitrogens is 1. The summed E-state index contributed by atoms with van der Waals surface area (Å²) in [6.07, 6.45) is 1.54. The number of pyridine rings is 1. The molecule has 0 fully saturated rings. The van der Waals surface area contributed by atoms with Gasteiger partial charge in [0.05, 0.1) is 16.9 Å². The zero-order chi connectivity index (χ0) is 13.1. The Kier molecular flexibility index (Phi) is 3.89. The quantitative estimate of drug-likeness (QED) is 0.793. The normalized spacial score (nSPS) is 9.83. The molecule has 2 rings (SSSR count). The molecule has 6 heteroatoms. The van der Waals surface area contributed by atoms with Crippen LogP contribution in [0.15, 0.2) is 30.5 Å². The fraction of sp³-hybridized carbons (Fsp3) is 0. The van der Waals surface area contributed by atoms with E-state index in [1.807, 2.05) is 18.2 Å². The van der Waals surface area contributed by atoms with Crippen LogP contribution in [0.5, 0.6) is 0 Å². The summed E-state index contributed by atoms with van der Waals surface area (Å²) in [5.74, 6) is 0.467. The van der Waals surface area contributed by atoms with Crippen molar-refractivity contribution in [3.8, 4) is 6.07 Å². The van der Waals surface area contributed by atoms with Crippen molar-refractivity contribution < 1.29 is 0 Å². The molecule has 4 nitrogen and oxygen atoms in total. The van der Waals surface area contributed by atoms with E-state index < -0.39 is 0 Å². The molecule has 0 amide bonds. The number of hydrogen-bond acceptors (Lipinski definition) is 4. The highest BCUT2D eigenvalue weighted by Crippen LogP contribution is 2.28. The maximum atomic E-state index is 8.90. The zero-order valence-corrected chi connectivity index (χ0v) is 12.0. The molecular formula is C12H8ClIN4. The van der Waals surface area contributed by atoms with E-state index in [-0.39, 0.29) is 0 Å². The minimum absolute atomic E-state index is 0.339. The topological polar surface area (TPSA) is 74.7 Å². The van der Waals surface area contributed by atoms with Crippen LogP contribution in [-0.4, -0.2) is 4.98 Å². The van der Waals surface area contributed by atoms with E-state index in [0.29, 0.717) is 22.1 Å². The summed E-state index contributed by atoms with van der Waals surface area (Å²) < 4.78 is 0.948. The van der Waals surface area contributed by atoms with Gasteiger partial charge in [-0.2, -0.15) is 5.26 Å². The van der Waals surface area contributed by atoms with Crippen LogP contribution in [0.4, 0.5) is 17.2 Å². The van der Waals surface area contributed by atoms with Crippen LogP contribution < -0.4 is 11.1 Å². The van der Waals surface area contributed by atoms with Gasteiger partial charge in [0.25, 0.3) is 0 Å². The van der Waals surface area contributed by atoms with Crippen molar-refractivity contribution in [2.45, 2.75) is 0 Å². The molecule has 0 atom stereocenters. The molecule has 0 aliphatic heterocycles. The van der Waals surface area contributed by atoms with E-state index in [4.69, 9.17) is 22.6 Å². The summed E-state index contributed by atoms with van der Waals surface area (Å²) in [7, 11) is 0. The fourth-order valence-electron chi connectivity index (χ4n) is 1.39. The van der Waals surface area contributed by atoms with Gasteiger partial charge in [-0.05, 0) is 46.9 Å². The van der Waals surface area contributed by atoms with Crippen LogP contribution in [0.1, 0.15) is 5.56 Å². The van der Waals surface area contributed by atoms with Crippen LogP contribution in [0, 0.1) is 14.9 Å². The van der Waals surface area contributed by atoms with Crippen molar-refractivity contribution in [3.05, 3.63) is 44.6 Å². The smallest absolute Gasteiger partial charge is 0.154 e. The van der Waals surface area contributed by atoms with E-state index in [2.05, 4.69) is 32.9 Å². The van der Waals surface area contributed by atoms with Crippen LogP contribution in [0.3, 0.4) is 0 Å². The van der Waals surface area contributed by atoms with Crippen molar-refractivity contribution >= 4 is 51.4 Å². The first-order valence-corrected chi connectivity index (χ1v) is 6.44. The summed E-state index contributed by atoms with van der Waals surface area (Å²) in [5, 5.41) is 12.6. The van der Waals surface area contributed by atoms with E-state index in [9.17, 15) is 0 Å². The number of nitriles is 1. The van der Waals surface area contributed by atoms with Gasteiger partial charge in [-0.3, -0.25) is 0 Å². The van der Waals surface area contributed by atoms with Crippen LogP contribution in [-0.2, 0) is 0 Å². The van der Waals surface area contributed by atoms with E-state index in [1.165, 1.54) is 0 Å². The second-order valence-electron chi connectivity index (χ2n) is 3.48. The van der Waals surface area contributed by atoms with E-state index in [0.717, 1.165) is 9.26 Å². The van der Waals surface area contributed by atoms with Gasteiger partial charge in [0.15, 0.2) is 5.82 Å². The van der Waals surface area contributed by atoms with Gasteiger partial charge in [-0.1, -0.05) is 11.6 Å². The van der Waals surface area contributed by atoms with Gasteiger partial charge in [-0.25, -0.2) is 4.98 Å². The minimum atomic E-state index is 0.339. The minimum Gasteiger partial charge on any atom is -0.395 e. The zero-order valence-electron chi connectivity index (χ0n) is 9.11. The maximum absolute atomic E-state index is 8.90. The molecule has 0 bridgehead atoms. The summed E-state index contributed by atoms with van der Waals surface area (Å²) in [6.45, 7) is 0. The Hall–Kier alpha value is -1.52. The van der Waals surface area contributed by atoms with Gasteiger partial charge >= 0.3 is 0 Å². The molecule has 0 saturated heterocycles. The van der Waals surface area contributed by atoms with Crippen LogP contribution >= 0.6 is 34.2 Å². The van der Waals surface area contributed by atoms with Crippen LogP contribution in [0.25, 0.3) is 0 Å². The highest BCUT2D eigenvalue weighted by Gasteiger charge is 2.08. The number of hydrogen-bond donors (Lipinski definition) is 2. The maximum Gasteiger partial charge on any atom is 0.154 e. The molecule has 90 valence electrons. The summed E-state index contributed by atoms with van der Waals surface area (Å²) in [6, 6.07) is 9.03. The highest BCUT2D eigenvalue weighted by atomic mass is 127. The Labute approximate surface area is 123 Å². The predicted octanol–water partition coefficient (Wildman–Crippen LogP) is 3.54. The molecule has 1 aromatic carbocycles. The molecule has 1 aromatic heterocycles. The first kappa shape index (κ1) is 12.9. The fourth-order valence-corrected chi connectivity index (χ4v) is 2.40. The Morgan fingerprint density at radius 3 is 2.83 bits per heavy atom. The SMILES string of the molecule is N#Cc1ccnc(Nc2ccc(Cl)cc2I)c1N. The Morgan fingerprint density at radius 2 is 2.17 bits per heavy atom. The van der Waals surface area contributed by atoms with Gasteiger partial charge in [0, 0.05) is 14.8 Å². The molecule has 0 radical (unpaired) electrons. The molecule has 0 spiro atoms. The van der Waals surface area contributed by atoms with Gasteiger partial charge in [0.2, 0.25) is 0 Å². The second-order valence-corrected chi connectivity index (χ2v) is 5.08. The lowest BCUT2D eigenvalue weighted by atomic mass is 10.2. The van der Waals surface area contributed by atoms with Crippen LogP contribution in [0.2, 0.25) is 5.02 Å². The van der Waals surface area contributed by atoms with Gasteiger partial charge < -0.3 is 11.1 Å². The number of rotatable bonds is 2. The second kappa shape index (κ2) is 5.42. The number of halogens is 2. The highest BCUT2D eigenvalue weighted by molar-refractivity contribution is 14.1. The Bertz CT molecular complexity index is 636. The number of benzene rings is 1. The number of nitrogens with one attached hydrogen (secondary N) is 1. The largest absolute Gasteiger partial charge is 0.395 e. The molecule has 0 aliphatic carbocycles. The molecule has 0 saturated carbocycles. The van der Waals surface area contributed by atoms with Crippen molar-refractivity contribution in [1.29, 1.82) is 5.26 Å². The molecule has 2 aromatic rings. The Morgan fingerprint density at radius 1 is 1.39 bits per heavy atom. The van der Waals surface area contributed by atoms with Crippen molar-refractivity contribution in [3.63, 3.8) is 0 Å². The summed E-state index contributed by atoms with van der Waals surface area (Å²) >= 11 is 8.04. The predicted molar refractivity (Wildman–Crippen MR) is 80.8 cm³/mol. The third kappa shape index (κ3) is 2.66. The van der Waals surface area contributed by atoms with E-state index in [1.54, 1.807) is 18.3 Å². The third-order valence-electron chi connectivity index (χ3n) is 2.29. The van der Waals surface area contributed by atoms with E-state index >= 15 is 0 Å². The third-order valence-corrected chi connectivity index (χ3v) is 3.42. The molecule has 3 N–H and O–H groups in total. The Balaban J connectivity index is 2.38. The first-order valence-electron chi connectivity index (χ1n) is 4.98. The molecule has 0 unspecified atom stereocenters. The lowest BCUT2D eigenvalue weighted by molar-refractivity contribution is 1.29. The average molecular weight is 371 g/mol. The number of anilines is 3. The lowest BCUT2D eigenvalue weighted by Gasteiger charge is -2.10. The van der Waals surface area contributed by atoms with Gasteiger partial charge in [0.1, 0.15) is 6.07 Å². The van der Waals surface area contributed by atoms with Crippen molar-refractivity contribution in [2.24, 2.45) is 0 Å². The monoisotopic (exact) mass is 370 g/mol. The van der Waals surface area contributed by atoms with Crippen molar-refractivity contribution in [1.82, 2.24) is 4.98 Å². The standard InChI is InChI=1S/C12H8ClIN4/c13-8-1-2-10(9(14)5-8)18-12-11(16)7(6-15)3-4-17-12/h1-5H,16H2,(H,17,18). The number of nitrogens with two attached hydrogens (primary N) is 1. The summed E-state index contributed by atoms with van der Waals surface area (Å²) in [4.78, 5) is 4.12. The number of nitrogen functional groups attached to an aromatic ring is 1.